The number of fused-ring (bicyclic) bond motifs is 2. The quantitative estimate of drug-likeness (QED) is 0.850. The number of hydrogen-bond acceptors (Lipinski definition) is 2. The van der Waals surface area contributed by atoms with Crippen molar-refractivity contribution in [1.29, 1.82) is 0 Å². The molecule has 2 atom stereocenters. The van der Waals surface area contributed by atoms with Crippen LogP contribution in [-0.4, -0.2) is 17.9 Å². The molecule has 112 valence electrons. The Morgan fingerprint density at radius 1 is 1.23 bits per heavy atom. The fraction of sp³-hybridized carbons (Fsp3) is 0.368. The Kier molecular flexibility index (Phi) is 3.03. The number of rotatable bonds is 2. The summed E-state index contributed by atoms with van der Waals surface area (Å²) in [7, 11) is 1.84. The van der Waals surface area contributed by atoms with E-state index in [1.807, 2.05) is 25.2 Å². The highest BCUT2D eigenvalue weighted by Gasteiger charge is 2.60. The molecule has 1 amide bonds. The lowest BCUT2D eigenvalue weighted by Gasteiger charge is -2.27. The van der Waals surface area contributed by atoms with Crippen LogP contribution in [0.2, 0.25) is 0 Å². The van der Waals surface area contributed by atoms with E-state index in [4.69, 9.17) is 0 Å². The highest BCUT2D eigenvalue weighted by molar-refractivity contribution is 5.97. The molecule has 1 aromatic heterocycles. The topological polar surface area (TPSA) is 33.2 Å². The van der Waals surface area contributed by atoms with Crippen molar-refractivity contribution in [1.82, 2.24) is 4.98 Å². The second-order valence-electron chi connectivity index (χ2n) is 6.51. The van der Waals surface area contributed by atoms with Gasteiger partial charge in [-0.05, 0) is 48.9 Å². The fourth-order valence-corrected chi connectivity index (χ4v) is 4.05. The first-order valence-electron chi connectivity index (χ1n) is 7.99. The van der Waals surface area contributed by atoms with Crippen LogP contribution in [-0.2, 0) is 16.6 Å². The van der Waals surface area contributed by atoms with Crippen molar-refractivity contribution < 1.29 is 4.79 Å². The van der Waals surface area contributed by atoms with Crippen molar-refractivity contribution in [3.63, 3.8) is 0 Å². The SMILES string of the molecule is CN(C(=O)[C@H]1C[C@]12CCCc1ccccc12)c1ccccn1. The summed E-state index contributed by atoms with van der Waals surface area (Å²) < 4.78 is 0. The van der Waals surface area contributed by atoms with Gasteiger partial charge in [-0.3, -0.25) is 9.69 Å². The third-order valence-corrected chi connectivity index (χ3v) is 5.32. The molecule has 1 spiro atoms. The van der Waals surface area contributed by atoms with Gasteiger partial charge in [-0.2, -0.15) is 0 Å². The monoisotopic (exact) mass is 292 g/mol. The summed E-state index contributed by atoms with van der Waals surface area (Å²) in [6.45, 7) is 0. The number of aryl methyl sites for hydroxylation is 1. The molecule has 0 radical (unpaired) electrons. The molecule has 22 heavy (non-hydrogen) atoms. The predicted molar refractivity (Wildman–Crippen MR) is 86.8 cm³/mol. The Bertz CT molecular complexity index is 712. The second-order valence-corrected chi connectivity index (χ2v) is 6.51. The number of aromatic nitrogens is 1. The van der Waals surface area contributed by atoms with Crippen LogP contribution in [0.1, 0.15) is 30.4 Å². The second kappa shape index (κ2) is 4.94. The van der Waals surface area contributed by atoms with Crippen molar-refractivity contribution in [2.24, 2.45) is 5.92 Å². The van der Waals surface area contributed by atoms with Gasteiger partial charge in [-0.15, -0.1) is 0 Å². The third-order valence-electron chi connectivity index (χ3n) is 5.32. The van der Waals surface area contributed by atoms with E-state index in [0.29, 0.717) is 0 Å². The van der Waals surface area contributed by atoms with Crippen LogP contribution in [0.15, 0.2) is 48.7 Å². The lowest BCUT2D eigenvalue weighted by Crippen LogP contribution is -2.32. The molecule has 0 aliphatic heterocycles. The zero-order chi connectivity index (χ0) is 15.2. The minimum Gasteiger partial charge on any atom is -0.300 e. The Labute approximate surface area is 131 Å². The van der Waals surface area contributed by atoms with Crippen LogP contribution in [0.4, 0.5) is 5.82 Å². The van der Waals surface area contributed by atoms with Crippen molar-refractivity contribution in [2.45, 2.75) is 31.1 Å². The minimum absolute atomic E-state index is 0.0922. The number of nitrogens with zero attached hydrogens (tertiary/aromatic N) is 2. The molecule has 3 nitrogen and oxygen atoms in total. The summed E-state index contributed by atoms with van der Waals surface area (Å²) in [6, 6.07) is 14.3. The van der Waals surface area contributed by atoms with Gasteiger partial charge in [0.05, 0.1) is 0 Å². The zero-order valence-electron chi connectivity index (χ0n) is 12.8. The Balaban J connectivity index is 1.61. The largest absolute Gasteiger partial charge is 0.300 e. The van der Waals surface area contributed by atoms with Gasteiger partial charge in [0.25, 0.3) is 0 Å². The molecular formula is C19H20N2O. The van der Waals surface area contributed by atoms with Crippen LogP contribution in [0, 0.1) is 5.92 Å². The lowest BCUT2D eigenvalue weighted by atomic mass is 9.78. The molecule has 2 aliphatic rings. The van der Waals surface area contributed by atoms with Crippen LogP contribution >= 0.6 is 0 Å². The number of anilines is 1. The van der Waals surface area contributed by atoms with Gasteiger partial charge >= 0.3 is 0 Å². The number of benzene rings is 1. The summed E-state index contributed by atoms with van der Waals surface area (Å²) in [5.41, 5.74) is 2.94. The van der Waals surface area contributed by atoms with E-state index in [-0.39, 0.29) is 17.2 Å². The maximum atomic E-state index is 12.9. The van der Waals surface area contributed by atoms with Gasteiger partial charge in [0.15, 0.2) is 0 Å². The van der Waals surface area contributed by atoms with E-state index in [1.54, 1.807) is 11.1 Å². The van der Waals surface area contributed by atoms with Crippen molar-refractivity contribution in [2.75, 3.05) is 11.9 Å². The summed E-state index contributed by atoms with van der Waals surface area (Å²) in [5, 5.41) is 0. The minimum atomic E-state index is 0.0922. The van der Waals surface area contributed by atoms with Crippen LogP contribution in [0.3, 0.4) is 0 Å². The predicted octanol–water partition coefficient (Wildman–Crippen LogP) is 3.34. The average molecular weight is 292 g/mol. The van der Waals surface area contributed by atoms with E-state index in [0.717, 1.165) is 25.1 Å². The summed E-state index contributed by atoms with van der Waals surface area (Å²) in [5.74, 6) is 1.05. The smallest absolute Gasteiger partial charge is 0.231 e. The number of hydrogen-bond donors (Lipinski definition) is 0. The van der Waals surface area contributed by atoms with Crippen LogP contribution < -0.4 is 4.90 Å². The van der Waals surface area contributed by atoms with E-state index in [9.17, 15) is 4.79 Å². The average Bonchev–Trinajstić information content (AvgIpc) is 3.29. The third kappa shape index (κ3) is 1.96. The van der Waals surface area contributed by atoms with Gasteiger partial charge in [0.1, 0.15) is 5.82 Å². The molecule has 1 saturated carbocycles. The summed E-state index contributed by atoms with van der Waals surface area (Å²) >= 11 is 0. The van der Waals surface area contributed by atoms with Gasteiger partial charge in [0, 0.05) is 24.6 Å². The first-order valence-corrected chi connectivity index (χ1v) is 7.99. The Hall–Kier alpha value is -2.16. The molecule has 0 bridgehead atoms. The van der Waals surface area contributed by atoms with E-state index in [2.05, 4.69) is 29.2 Å². The van der Waals surface area contributed by atoms with Crippen molar-refractivity contribution >= 4 is 11.7 Å². The van der Waals surface area contributed by atoms with E-state index in [1.165, 1.54) is 17.5 Å². The highest BCUT2D eigenvalue weighted by Crippen LogP contribution is 2.60. The maximum Gasteiger partial charge on any atom is 0.231 e. The number of amides is 1. The molecular weight excluding hydrogens is 272 g/mol. The van der Waals surface area contributed by atoms with E-state index >= 15 is 0 Å². The first kappa shape index (κ1) is 13.5. The summed E-state index contributed by atoms with van der Waals surface area (Å²) in [6.07, 6.45) is 6.19. The number of pyridine rings is 1. The van der Waals surface area contributed by atoms with Gasteiger partial charge in [-0.25, -0.2) is 4.98 Å². The van der Waals surface area contributed by atoms with Crippen LogP contribution in [0.5, 0.6) is 0 Å². The molecule has 3 heteroatoms. The molecule has 4 rings (SSSR count). The van der Waals surface area contributed by atoms with Crippen LogP contribution in [0.25, 0.3) is 0 Å². The number of carbonyl (C=O) groups excluding carboxylic acids is 1. The Morgan fingerprint density at radius 3 is 2.86 bits per heavy atom. The standard InChI is InChI=1S/C19H20N2O/c1-21(17-10-4-5-12-20-17)18(22)16-13-19(16)11-6-8-14-7-2-3-9-15(14)19/h2-5,7,9-10,12,16H,6,8,11,13H2,1H3/t16-,19+/m1/s1. The molecule has 1 aromatic carbocycles. The molecule has 1 heterocycles. The number of carbonyl (C=O) groups is 1. The van der Waals surface area contributed by atoms with Gasteiger partial charge < -0.3 is 0 Å². The molecule has 2 aromatic rings. The molecule has 1 fully saturated rings. The van der Waals surface area contributed by atoms with Crippen molar-refractivity contribution in [3.8, 4) is 0 Å². The fourth-order valence-electron chi connectivity index (χ4n) is 4.05. The Morgan fingerprint density at radius 2 is 2.05 bits per heavy atom. The molecule has 0 N–H and O–H groups in total. The maximum absolute atomic E-state index is 12.9. The van der Waals surface area contributed by atoms with Gasteiger partial charge in [-0.1, -0.05) is 30.3 Å². The van der Waals surface area contributed by atoms with E-state index < -0.39 is 0 Å². The highest BCUT2D eigenvalue weighted by atomic mass is 16.2. The molecule has 0 saturated heterocycles. The zero-order valence-corrected chi connectivity index (χ0v) is 12.8. The normalized spacial score (nSPS) is 25.6. The van der Waals surface area contributed by atoms with Gasteiger partial charge in [0.2, 0.25) is 5.91 Å². The van der Waals surface area contributed by atoms with Crippen molar-refractivity contribution in [3.05, 3.63) is 59.8 Å². The first-order chi connectivity index (χ1) is 10.7. The molecule has 2 aliphatic carbocycles. The lowest BCUT2D eigenvalue weighted by molar-refractivity contribution is -0.120. The molecule has 0 unspecified atom stereocenters. The summed E-state index contributed by atoms with van der Waals surface area (Å²) in [4.78, 5) is 18.9.